The van der Waals surface area contributed by atoms with Crippen molar-refractivity contribution >= 4 is 11.9 Å². The van der Waals surface area contributed by atoms with Gasteiger partial charge in [-0.2, -0.15) is 0 Å². The van der Waals surface area contributed by atoms with Gasteiger partial charge in [0.15, 0.2) is 5.88 Å². The smallest absolute Gasteiger partial charge is 0.328 e. The molecule has 2 aliphatic rings. The zero-order valence-electron chi connectivity index (χ0n) is 22.9. The lowest BCUT2D eigenvalue weighted by molar-refractivity contribution is -0.154. The molecule has 1 aromatic rings. The summed E-state index contributed by atoms with van der Waals surface area (Å²) in [5.74, 6) is -0.0713. The molecule has 3 unspecified atom stereocenters. The van der Waals surface area contributed by atoms with Gasteiger partial charge in [0.05, 0.1) is 6.54 Å². The predicted molar refractivity (Wildman–Crippen MR) is 147 cm³/mol. The molecule has 37 heavy (non-hydrogen) atoms. The average Bonchev–Trinajstić information content (AvgIpc) is 2.92. The number of amides is 1. The Morgan fingerprint density at radius 1 is 1.05 bits per heavy atom. The molecule has 0 bridgehead atoms. The summed E-state index contributed by atoms with van der Waals surface area (Å²) >= 11 is 0. The van der Waals surface area contributed by atoms with Crippen LogP contribution in [0.2, 0.25) is 0 Å². The Hall–Kier alpha value is -2.54. The van der Waals surface area contributed by atoms with Gasteiger partial charge in [-0.1, -0.05) is 63.4 Å². The van der Waals surface area contributed by atoms with E-state index in [0.29, 0.717) is 31.3 Å². The monoisotopic (exact) mass is 513 g/mol. The lowest BCUT2D eigenvalue weighted by atomic mass is 9.96. The van der Waals surface area contributed by atoms with E-state index in [4.69, 9.17) is 4.74 Å². The lowest BCUT2D eigenvalue weighted by Gasteiger charge is -2.41. The molecule has 0 aliphatic carbocycles. The Morgan fingerprint density at radius 2 is 1.78 bits per heavy atom. The van der Waals surface area contributed by atoms with Crippen molar-refractivity contribution in [2.45, 2.75) is 83.8 Å². The Morgan fingerprint density at radius 3 is 2.46 bits per heavy atom. The van der Waals surface area contributed by atoms with Crippen molar-refractivity contribution in [1.29, 1.82) is 0 Å². The maximum atomic E-state index is 13.0. The largest absolute Gasteiger partial charge is 0.480 e. The van der Waals surface area contributed by atoms with E-state index in [2.05, 4.69) is 37.5 Å². The minimum absolute atomic E-state index is 0.0597. The van der Waals surface area contributed by atoms with Crippen LogP contribution in [0.4, 0.5) is 0 Å². The number of nitrogens with zero attached hydrogens (tertiary/aromatic N) is 3. The number of carbonyl (C=O) groups is 2. The third kappa shape index (κ3) is 9.06. The van der Waals surface area contributed by atoms with Crippen molar-refractivity contribution in [3.8, 4) is 0 Å². The van der Waals surface area contributed by atoms with Crippen LogP contribution in [0.25, 0.3) is 0 Å². The topological polar surface area (TPSA) is 73.3 Å². The molecule has 1 amide bonds. The first-order chi connectivity index (χ1) is 17.9. The fraction of sp³-hybridized carbons (Fsp3) is 0.667. The summed E-state index contributed by atoms with van der Waals surface area (Å²) in [5, 5.41) is 9.93. The number of ether oxygens (including phenoxy) is 1. The molecule has 2 aliphatic heterocycles. The van der Waals surface area contributed by atoms with E-state index in [9.17, 15) is 14.7 Å². The second kappa shape index (κ2) is 15.0. The van der Waals surface area contributed by atoms with Gasteiger partial charge < -0.3 is 24.5 Å². The third-order valence-electron chi connectivity index (χ3n) is 7.92. The molecule has 3 atom stereocenters. The Kier molecular flexibility index (Phi) is 11.8. The Balaban J connectivity index is 1.50. The molecule has 3 rings (SSSR count). The molecule has 1 aromatic carbocycles. The van der Waals surface area contributed by atoms with Gasteiger partial charge in [0.25, 0.3) is 0 Å². The van der Waals surface area contributed by atoms with Crippen LogP contribution in [0.1, 0.15) is 83.3 Å². The van der Waals surface area contributed by atoms with Crippen LogP contribution in [0.5, 0.6) is 0 Å². The standard InChI is InChI=1S/C30H47N3O4/c1-4-24(2)22-28(26-14-8-5-9-15-26)37-25(3)32-20-21-33(27(23-32)30(35)36)29(34)16-10-6-11-17-31-18-12-7-13-19-31/h5,8-9,14-15,24,27-28H,3-4,6-7,10-13,16-23H2,1-2H3,(H,35,36). The van der Waals surface area contributed by atoms with Gasteiger partial charge in [-0.3, -0.25) is 4.79 Å². The van der Waals surface area contributed by atoms with E-state index >= 15 is 0 Å². The summed E-state index contributed by atoms with van der Waals surface area (Å²) < 4.78 is 6.35. The number of piperazine rings is 1. The Labute approximate surface area is 223 Å². The number of unbranched alkanes of at least 4 members (excludes halogenated alkanes) is 2. The van der Waals surface area contributed by atoms with E-state index in [1.54, 1.807) is 4.90 Å². The van der Waals surface area contributed by atoms with Crippen molar-refractivity contribution < 1.29 is 19.4 Å². The second-order valence-electron chi connectivity index (χ2n) is 10.8. The average molecular weight is 514 g/mol. The van der Waals surface area contributed by atoms with Gasteiger partial charge >= 0.3 is 5.97 Å². The Bertz CT molecular complexity index is 856. The van der Waals surface area contributed by atoms with Gasteiger partial charge in [0, 0.05) is 19.5 Å². The van der Waals surface area contributed by atoms with E-state index in [1.165, 1.54) is 32.4 Å². The van der Waals surface area contributed by atoms with E-state index < -0.39 is 12.0 Å². The zero-order chi connectivity index (χ0) is 26.6. The molecule has 0 aromatic heterocycles. The molecule has 7 heteroatoms. The highest BCUT2D eigenvalue weighted by Gasteiger charge is 2.36. The van der Waals surface area contributed by atoms with Crippen LogP contribution < -0.4 is 0 Å². The van der Waals surface area contributed by atoms with Gasteiger partial charge in [0.1, 0.15) is 12.1 Å². The number of benzene rings is 1. The summed E-state index contributed by atoms with van der Waals surface area (Å²) in [5.41, 5.74) is 1.09. The fourth-order valence-electron chi connectivity index (χ4n) is 5.33. The minimum Gasteiger partial charge on any atom is -0.480 e. The molecule has 0 spiro atoms. The summed E-state index contributed by atoms with van der Waals surface area (Å²) in [4.78, 5) is 31.0. The minimum atomic E-state index is -0.977. The summed E-state index contributed by atoms with van der Waals surface area (Å²) in [6.07, 6.45) is 9.02. The molecular weight excluding hydrogens is 466 g/mol. The number of carboxylic acids is 1. The van der Waals surface area contributed by atoms with E-state index in [0.717, 1.165) is 44.2 Å². The maximum absolute atomic E-state index is 13.0. The molecule has 1 N–H and O–H groups in total. The molecule has 2 heterocycles. The van der Waals surface area contributed by atoms with Crippen LogP contribution in [0.15, 0.2) is 42.8 Å². The van der Waals surface area contributed by atoms with Gasteiger partial charge in [-0.15, -0.1) is 0 Å². The van der Waals surface area contributed by atoms with Crippen molar-refractivity contribution in [2.75, 3.05) is 39.3 Å². The number of carbonyl (C=O) groups excluding carboxylic acids is 1. The normalized spacial score (nSPS) is 20.3. The number of rotatable bonds is 14. The first-order valence-corrected chi connectivity index (χ1v) is 14.3. The summed E-state index contributed by atoms with van der Waals surface area (Å²) in [6.45, 7) is 13.1. The van der Waals surface area contributed by atoms with Crippen LogP contribution in [-0.4, -0.2) is 77.0 Å². The second-order valence-corrected chi connectivity index (χ2v) is 10.8. The van der Waals surface area contributed by atoms with E-state index in [-0.39, 0.29) is 18.6 Å². The first kappa shape index (κ1) is 29.0. The number of carboxylic acid groups (broad SMARTS) is 1. The molecule has 0 radical (unpaired) electrons. The quantitative estimate of drug-likeness (QED) is 0.269. The number of likely N-dealkylation sites (tertiary alicyclic amines) is 1. The molecular formula is C30H47N3O4. The first-order valence-electron chi connectivity index (χ1n) is 14.3. The highest BCUT2D eigenvalue weighted by atomic mass is 16.5. The van der Waals surface area contributed by atoms with E-state index in [1.807, 2.05) is 23.1 Å². The van der Waals surface area contributed by atoms with Crippen molar-refractivity contribution in [3.05, 3.63) is 48.4 Å². The number of piperidine rings is 1. The van der Waals surface area contributed by atoms with Crippen LogP contribution >= 0.6 is 0 Å². The van der Waals surface area contributed by atoms with Crippen LogP contribution in [0.3, 0.4) is 0 Å². The van der Waals surface area contributed by atoms with Crippen molar-refractivity contribution in [1.82, 2.24) is 14.7 Å². The number of aliphatic carboxylic acids is 1. The van der Waals surface area contributed by atoms with Gasteiger partial charge in [-0.05, 0) is 69.8 Å². The van der Waals surface area contributed by atoms with Gasteiger partial charge in [0.2, 0.25) is 5.91 Å². The molecule has 0 saturated carbocycles. The molecule has 2 saturated heterocycles. The predicted octanol–water partition coefficient (Wildman–Crippen LogP) is 5.30. The summed E-state index contributed by atoms with van der Waals surface area (Å²) in [6, 6.07) is 9.22. The highest BCUT2D eigenvalue weighted by molar-refractivity contribution is 5.84. The number of hydrogen-bond acceptors (Lipinski definition) is 5. The highest BCUT2D eigenvalue weighted by Crippen LogP contribution is 2.30. The molecule has 7 nitrogen and oxygen atoms in total. The summed E-state index contributed by atoms with van der Waals surface area (Å²) in [7, 11) is 0. The SMILES string of the molecule is C=C(OC(CC(C)CC)c1ccccc1)N1CCN(C(=O)CCCCCN2CCCCC2)C(C(=O)O)C1. The molecule has 2 fully saturated rings. The molecule has 206 valence electrons. The van der Waals surface area contributed by atoms with Gasteiger partial charge in [-0.25, -0.2) is 4.79 Å². The zero-order valence-corrected chi connectivity index (χ0v) is 22.9. The third-order valence-corrected chi connectivity index (χ3v) is 7.92. The van der Waals surface area contributed by atoms with Crippen LogP contribution in [0, 0.1) is 5.92 Å². The number of hydrogen-bond donors (Lipinski definition) is 1. The lowest BCUT2D eigenvalue weighted by Crippen LogP contribution is -2.58. The van der Waals surface area contributed by atoms with Crippen LogP contribution in [-0.2, 0) is 14.3 Å². The van der Waals surface area contributed by atoms with Crippen molar-refractivity contribution in [2.24, 2.45) is 5.92 Å². The van der Waals surface area contributed by atoms with Crippen molar-refractivity contribution in [3.63, 3.8) is 0 Å². The fourth-order valence-corrected chi connectivity index (χ4v) is 5.33. The maximum Gasteiger partial charge on any atom is 0.328 e.